The van der Waals surface area contributed by atoms with Crippen LogP contribution in [0, 0.1) is 6.92 Å². The largest absolute Gasteiger partial charge is 0.228 e. The summed E-state index contributed by atoms with van der Waals surface area (Å²) >= 11 is 0. The van der Waals surface area contributed by atoms with Gasteiger partial charge in [0.2, 0.25) is 0 Å². The lowest BCUT2D eigenvalue weighted by Gasteiger charge is -2.18. The van der Waals surface area contributed by atoms with Gasteiger partial charge in [0.25, 0.3) is 0 Å². The summed E-state index contributed by atoms with van der Waals surface area (Å²) in [5.74, 6) is 1.23. The first kappa shape index (κ1) is 30.7. The Labute approximate surface area is 289 Å². The molecule has 8 rings (SSSR count). The number of allylic oxidation sites excluding steroid dienone is 4. The summed E-state index contributed by atoms with van der Waals surface area (Å²) in [6, 6.07) is 46.1. The van der Waals surface area contributed by atoms with Crippen molar-refractivity contribution in [2.24, 2.45) is 0 Å². The molecule has 6 aromatic carbocycles. The van der Waals surface area contributed by atoms with Crippen molar-refractivity contribution in [3.63, 3.8) is 0 Å². The molecule has 0 saturated heterocycles. The average molecular weight is 633 g/mol. The highest BCUT2D eigenvalue weighted by atomic mass is 14.9. The smallest absolute Gasteiger partial charge is 0.160 e. The molecule has 0 N–H and O–H groups in total. The van der Waals surface area contributed by atoms with Crippen molar-refractivity contribution in [1.82, 2.24) is 9.97 Å². The molecule has 2 heteroatoms. The van der Waals surface area contributed by atoms with Gasteiger partial charge in [-0.05, 0) is 113 Å². The van der Waals surface area contributed by atoms with Crippen molar-refractivity contribution in [2.45, 2.75) is 46.0 Å². The quantitative estimate of drug-likeness (QED) is 0.123. The van der Waals surface area contributed by atoms with Crippen molar-refractivity contribution in [1.29, 1.82) is 0 Å². The van der Waals surface area contributed by atoms with Gasteiger partial charge in [0, 0.05) is 22.3 Å². The Morgan fingerprint density at radius 3 is 2.08 bits per heavy atom. The maximum Gasteiger partial charge on any atom is 0.160 e. The van der Waals surface area contributed by atoms with Crippen LogP contribution in [0.4, 0.5) is 0 Å². The zero-order valence-electron chi connectivity index (χ0n) is 28.4. The SMILES string of the molecule is C/C=C(\C=C/CC)c1cc(-c2nc(-c3ccccc3)c(C3CC3)c(-c3ccccc3C)n2)cc(-c2cc3ccccc3c3ccccc23)c1. The fourth-order valence-corrected chi connectivity index (χ4v) is 7.19. The second-order valence-corrected chi connectivity index (χ2v) is 13.2. The van der Waals surface area contributed by atoms with Gasteiger partial charge in [0.1, 0.15) is 0 Å². The van der Waals surface area contributed by atoms with E-state index in [-0.39, 0.29) is 0 Å². The molecule has 0 unspecified atom stereocenters. The zero-order chi connectivity index (χ0) is 33.3. The molecule has 7 aromatic rings. The Balaban J connectivity index is 1.44. The fraction of sp³-hybridized carbons (Fsp3) is 0.149. The Bertz CT molecular complexity index is 2390. The number of rotatable bonds is 8. The summed E-state index contributed by atoms with van der Waals surface area (Å²) in [6.07, 6.45) is 10.0. The molecular formula is C47H40N2. The number of nitrogens with zero attached hydrogens (tertiary/aromatic N) is 2. The number of aryl methyl sites for hydroxylation is 1. The van der Waals surface area contributed by atoms with E-state index in [1.165, 1.54) is 62.2 Å². The summed E-state index contributed by atoms with van der Waals surface area (Å²) < 4.78 is 0. The van der Waals surface area contributed by atoms with E-state index in [4.69, 9.17) is 9.97 Å². The van der Waals surface area contributed by atoms with Crippen LogP contribution in [-0.2, 0) is 0 Å². The molecule has 0 radical (unpaired) electrons. The van der Waals surface area contributed by atoms with Crippen LogP contribution in [-0.4, -0.2) is 9.97 Å². The van der Waals surface area contributed by atoms with Gasteiger partial charge in [-0.25, -0.2) is 9.97 Å². The van der Waals surface area contributed by atoms with E-state index in [1.807, 2.05) is 0 Å². The van der Waals surface area contributed by atoms with E-state index in [2.05, 4.69) is 166 Å². The summed E-state index contributed by atoms with van der Waals surface area (Å²) in [4.78, 5) is 11.0. The van der Waals surface area contributed by atoms with Crippen molar-refractivity contribution in [2.75, 3.05) is 0 Å². The average Bonchev–Trinajstić information content (AvgIpc) is 4.00. The van der Waals surface area contributed by atoms with Gasteiger partial charge >= 0.3 is 0 Å². The lowest BCUT2D eigenvalue weighted by molar-refractivity contribution is 1.05. The molecule has 0 spiro atoms. The maximum atomic E-state index is 5.51. The van der Waals surface area contributed by atoms with Crippen LogP contribution in [0.25, 0.3) is 72.1 Å². The third-order valence-corrected chi connectivity index (χ3v) is 9.83. The van der Waals surface area contributed by atoms with Crippen molar-refractivity contribution >= 4 is 27.1 Å². The van der Waals surface area contributed by atoms with E-state index in [9.17, 15) is 0 Å². The van der Waals surface area contributed by atoms with Gasteiger partial charge < -0.3 is 0 Å². The zero-order valence-corrected chi connectivity index (χ0v) is 28.4. The van der Waals surface area contributed by atoms with Gasteiger partial charge in [-0.2, -0.15) is 0 Å². The van der Waals surface area contributed by atoms with Gasteiger partial charge in [0.05, 0.1) is 11.4 Å². The van der Waals surface area contributed by atoms with Gasteiger partial charge in [0.15, 0.2) is 5.82 Å². The second-order valence-electron chi connectivity index (χ2n) is 13.2. The Kier molecular flexibility index (Phi) is 8.23. The van der Waals surface area contributed by atoms with Crippen LogP contribution in [0.1, 0.15) is 55.7 Å². The van der Waals surface area contributed by atoms with Crippen LogP contribution in [0.2, 0.25) is 0 Å². The third kappa shape index (κ3) is 5.89. The van der Waals surface area contributed by atoms with Gasteiger partial charge in [-0.3, -0.25) is 0 Å². The highest BCUT2D eigenvalue weighted by Gasteiger charge is 2.32. The van der Waals surface area contributed by atoms with E-state index >= 15 is 0 Å². The first-order valence-corrected chi connectivity index (χ1v) is 17.6. The van der Waals surface area contributed by atoms with Gasteiger partial charge in [-0.15, -0.1) is 0 Å². The van der Waals surface area contributed by atoms with Crippen molar-refractivity contribution < 1.29 is 0 Å². The summed E-state index contributed by atoms with van der Waals surface area (Å²) in [5, 5.41) is 5.01. The molecule has 0 aliphatic heterocycles. The molecule has 1 fully saturated rings. The van der Waals surface area contributed by atoms with Crippen molar-refractivity contribution in [3.05, 3.63) is 162 Å². The predicted octanol–water partition coefficient (Wildman–Crippen LogP) is 13.0. The molecule has 1 saturated carbocycles. The topological polar surface area (TPSA) is 25.8 Å². The third-order valence-electron chi connectivity index (χ3n) is 9.83. The minimum Gasteiger partial charge on any atom is -0.228 e. The highest BCUT2D eigenvalue weighted by Crippen LogP contribution is 2.49. The van der Waals surface area contributed by atoms with Crippen LogP contribution in [0.5, 0.6) is 0 Å². The van der Waals surface area contributed by atoms with Gasteiger partial charge in [-0.1, -0.05) is 128 Å². The second kappa shape index (κ2) is 13.1. The lowest BCUT2D eigenvalue weighted by atomic mass is 9.90. The molecule has 1 aliphatic carbocycles. The Morgan fingerprint density at radius 1 is 0.653 bits per heavy atom. The molecule has 1 aliphatic rings. The summed E-state index contributed by atoms with van der Waals surface area (Å²) in [5.41, 5.74) is 12.7. The standard InChI is InChI=1S/C47H40N2/c1-4-6-17-32(5-2)36-27-37(43-30-35-20-11-13-22-40(35)41-23-14-15-24-42(41)43)29-38(28-36)47-48-45(34-18-8-7-9-19-34)44(33-25-26-33)46(49-47)39-21-12-10-16-31(39)3/h5-24,27-30,33H,4,25-26H2,1-3H3/b17-6-,32-5+. The molecular weight excluding hydrogens is 593 g/mol. The molecule has 0 atom stereocenters. The molecule has 238 valence electrons. The van der Waals surface area contributed by atoms with Crippen LogP contribution in [0.3, 0.4) is 0 Å². The summed E-state index contributed by atoms with van der Waals surface area (Å²) in [6.45, 7) is 6.50. The van der Waals surface area contributed by atoms with E-state index in [0.717, 1.165) is 45.9 Å². The number of aromatic nitrogens is 2. The Morgan fingerprint density at radius 2 is 1.33 bits per heavy atom. The predicted molar refractivity (Wildman–Crippen MR) is 209 cm³/mol. The minimum atomic E-state index is 0.471. The molecule has 2 nitrogen and oxygen atoms in total. The summed E-state index contributed by atoms with van der Waals surface area (Å²) in [7, 11) is 0. The normalized spacial score (nSPS) is 13.5. The van der Waals surface area contributed by atoms with Crippen molar-refractivity contribution in [3.8, 4) is 45.0 Å². The number of benzene rings is 6. The van der Waals surface area contributed by atoms with E-state index < -0.39 is 0 Å². The minimum absolute atomic E-state index is 0.471. The molecule has 1 heterocycles. The van der Waals surface area contributed by atoms with Crippen LogP contribution < -0.4 is 0 Å². The first-order chi connectivity index (χ1) is 24.1. The highest BCUT2D eigenvalue weighted by molar-refractivity contribution is 6.14. The number of hydrogen-bond donors (Lipinski definition) is 0. The fourth-order valence-electron chi connectivity index (χ4n) is 7.19. The molecule has 1 aromatic heterocycles. The number of fused-ring (bicyclic) bond motifs is 3. The van der Waals surface area contributed by atoms with Crippen LogP contribution in [0.15, 0.2) is 146 Å². The Hall–Kier alpha value is -5.60. The lowest BCUT2D eigenvalue weighted by Crippen LogP contribution is -2.04. The molecule has 0 bridgehead atoms. The van der Waals surface area contributed by atoms with E-state index in [1.54, 1.807) is 0 Å². The number of hydrogen-bond acceptors (Lipinski definition) is 2. The first-order valence-electron chi connectivity index (χ1n) is 17.6. The van der Waals surface area contributed by atoms with E-state index in [0.29, 0.717) is 5.92 Å². The monoisotopic (exact) mass is 632 g/mol. The van der Waals surface area contributed by atoms with Crippen LogP contribution >= 0.6 is 0 Å². The maximum absolute atomic E-state index is 5.51. The molecule has 0 amide bonds. The molecule has 49 heavy (non-hydrogen) atoms.